The number of hydrogen-bond donors (Lipinski definition) is 1. The summed E-state index contributed by atoms with van der Waals surface area (Å²) in [5.41, 5.74) is 0. The van der Waals surface area contributed by atoms with Gasteiger partial charge in [-0.3, -0.25) is 0 Å². The molecule has 0 bridgehead atoms. The topological polar surface area (TPSA) is 55.6 Å². The summed E-state index contributed by atoms with van der Waals surface area (Å²) in [6.07, 6.45) is 0. The van der Waals surface area contributed by atoms with Crippen LogP contribution in [0.5, 0.6) is 0 Å². The van der Waals surface area contributed by atoms with Crippen molar-refractivity contribution in [2.75, 3.05) is 0 Å². The number of nitrogens with zero attached hydrogens (tertiary/aromatic N) is 4. The van der Waals surface area contributed by atoms with Crippen LogP contribution >= 0.6 is 11.3 Å². The van der Waals surface area contributed by atoms with Crippen molar-refractivity contribution in [1.29, 1.82) is 0 Å². The lowest BCUT2D eigenvalue weighted by Gasteiger charge is -2.09. The van der Waals surface area contributed by atoms with Crippen LogP contribution in [0.25, 0.3) is 0 Å². The minimum atomic E-state index is 0.322. The molecule has 2 aromatic heterocycles. The summed E-state index contributed by atoms with van der Waals surface area (Å²) in [6.45, 7) is 4.90. The smallest absolute Gasteiger partial charge is 0.188 e. The van der Waals surface area contributed by atoms with Crippen molar-refractivity contribution in [3.05, 3.63) is 27.7 Å². The van der Waals surface area contributed by atoms with E-state index in [0.717, 1.165) is 5.82 Å². The summed E-state index contributed by atoms with van der Waals surface area (Å²) in [7, 11) is 1.77. The molecule has 0 radical (unpaired) electrons. The van der Waals surface area contributed by atoms with Gasteiger partial charge >= 0.3 is 0 Å². The molecular weight excluding hydrogens is 222 g/mol. The van der Waals surface area contributed by atoms with Crippen LogP contribution in [-0.2, 0) is 13.6 Å². The van der Waals surface area contributed by atoms with Gasteiger partial charge in [0.1, 0.15) is 0 Å². The molecule has 0 aliphatic heterocycles. The Morgan fingerprint density at radius 2 is 2.31 bits per heavy atom. The lowest BCUT2D eigenvalue weighted by atomic mass is 10.3. The molecule has 0 aliphatic rings. The van der Waals surface area contributed by atoms with E-state index in [-0.39, 0.29) is 0 Å². The highest BCUT2D eigenvalue weighted by Gasteiger charge is 2.08. The fourth-order valence-electron chi connectivity index (χ4n) is 1.43. The van der Waals surface area contributed by atoms with Crippen LogP contribution in [0.4, 0.5) is 0 Å². The Bertz CT molecular complexity index is 461. The molecule has 1 unspecified atom stereocenters. The Kier molecular flexibility index (Phi) is 3.31. The Hall–Kier alpha value is -1.27. The quantitative estimate of drug-likeness (QED) is 0.874. The average molecular weight is 237 g/mol. The van der Waals surface area contributed by atoms with Gasteiger partial charge in [0.15, 0.2) is 5.82 Å². The maximum absolute atomic E-state index is 4.12. The van der Waals surface area contributed by atoms with Crippen LogP contribution in [0.2, 0.25) is 0 Å². The second-order valence-corrected chi connectivity index (χ2v) is 5.07. The molecule has 2 heterocycles. The van der Waals surface area contributed by atoms with E-state index in [1.807, 2.05) is 11.3 Å². The zero-order valence-electron chi connectivity index (χ0n) is 9.64. The highest BCUT2D eigenvalue weighted by atomic mass is 32.1. The summed E-state index contributed by atoms with van der Waals surface area (Å²) in [5, 5.41) is 15.2. The van der Waals surface area contributed by atoms with Crippen LogP contribution in [-0.4, -0.2) is 20.2 Å². The Labute approximate surface area is 98.5 Å². The Morgan fingerprint density at radius 3 is 2.88 bits per heavy atom. The van der Waals surface area contributed by atoms with Gasteiger partial charge in [-0.2, -0.15) is 4.80 Å². The fraction of sp³-hybridized carbons (Fsp3) is 0.500. The molecule has 0 saturated carbocycles. The average Bonchev–Trinajstić information content (AvgIpc) is 2.84. The first-order chi connectivity index (χ1) is 7.65. The van der Waals surface area contributed by atoms with Gasteiger partial charge in [0.2, 0.25) is 0 Å². The summed E-state index contributed by atoms with van der Waals surface area (Å²) < 4.78 is 0. The normalized spacial score (nSPS) is 12.9. The van der Waals surface area contributed by atoms with E-state index in [2.05, 4.69) is 46.7 Å². The van der Waals surface area contributed by atoms with Gasteiger partial charge in [0, 0.05) is 15.8 Å². The molecule has 1 atom stereocenters. The van der Waals surface area contributed by atoms with Crippen molar-refractivity contribution >= 4 is 11.3 Å². The third kappa shape index (κ3) is 2.65. The summed E-state index contributed by atoms with van der Waals surface area (Å²) in [6, 6.07) is 4.61. The van der Waals surface area contributed by atoms with Crippen LogP contribution < -0.4 is 5.32 Å². The van der Waals surface area contributed by atoms with Crippen molar-refractivity contribution < 1.29 is 0 Å². The van der Waals surface area contributed by atoms with Gasteiger partial charge in [-0.25, -0.2) is 0 Å². The predicted octanol–water partition coefficient (Wildman–Crippen LogP) is 1.43. The molecule has 6 heteroatoms. The number of nitrogens with one attached hydrogen (secondary N) is 1. The van der Waals surface area contributed by atoms with Gasteiger partial charge < -0.3 is 5.32 Å². The summed E-state index contributed by atoms with van der Waals surface area (Å²) >= 11 is 1.81. The van der Waals surface area contributed by atoms with E-state index in [9.17, 15) is 0 Å². The van der Waals surface area contributed by atoms with Crippen molar-refractivity contribution in [2.45, 2.75) is 26.4 Å². The standard InChI is InChI=1S/C10H15N5S/c1-7-4-5-9(16-7)8(2)11-6-10-12-14-15(3)13-10/h4-5,8,11H,6H2,1-3H3. The number of aromatic nitrogens is 4. The molecule has 1 N–H and O–H groups in total. The number of hydrogen-bond acceptors (Lipinski definition) is 5. The zero-order chi connectivity index (χ0) is 11.5. The molecular formula is C10H15N5S. The Morgan fingerprint density at radius 1 is 1.50 bits per heavy atom. The SMILES string of the molecule is Cc1ccc(C(C)NCc2nnn(C)n2)s1. The zero-order valence-corrected chi connectivity index (χ0v) is 10.5. The van der Waals surface area contributed by atoms with Crippen LogP contribution in [0.3, 0.4) is 0 Å². The van der Waals surface area contributed by atoms with E-state index in [4.69, 9.17) is 0 Å². The molecule has 5 nitrogen and oxygen atoms in total. The van der Waals surface area contributed by atoms with Gasteiger partial charge in [-0.15, -0.1) is 21.5 Å². The number of rotatable bonds is 4. The third-order valence-electron chi connectivity index (χ3n) is 2.30. The predicted molar refractivity (Wildman–Crippen MR) is 63.1 cm³/mol. The van der Waals surface area contributed by atoms with Crippen molar-refractivity contribution in [1.82, 2.24) is 25.5 Å². The Balaban J connectivity index is 1.91. The van der Waals surface area contributed by atoms with E-state index >= 15 is 0 Å². The van der Waals surface area contributed by atoms with E-state index in [1.165, 1.54) is 14.6 Å². The molecule has 2 aromatic rings. The minimum Gasteiger partial charge on any atom is -0.302 e. The van der Waals surface area contributed by atoms with E-state index in [0.29, 0.717) is 12.6 Å². The van der Waals surface area contributed by atoms with Crippen LogP contribution in [0, 0.1) is 6.92 Å². The second kappa shape index (κ2) is 4.71. The molecule has 0 fully saturated rings. The first-order valence-electron chi connectivity index (χ1n) is 5.18. The van der Waals surface area contributed by atoms with Gasteiger partial charge in [0.05, 0.1) is 13.6 Å². The van der Waals surface area contributed by atoms with Crippen LogP contribution in [0.15, 0.2) is 12.1 Å². The fourth-order valence-corrected chi connectivity index (χ4v) is 2.33. The summed E-state index contributed by atoms with van der Waals surface area (Å²) in [5.74, 6) is 0.725. The van der Waals surface area contributed by atoms with Gasteiger partial charge in [-0.1, -0.05) is 0 Å². The lowest BCUT2D eigenvalue weighted by molar-refractivity contribution is 0.562. The number of aryl methyl sites for hydroxylation is 2. The van der Waals surface area contributed by atoms with Crippen molar-refractivity contribution in [3.8, 4) is 0 Å². The third-order valence-corrected chi connectivity index (χ3v) is 3.49. The molecule has 0 amide bonds. The van der Waals surface area contributed by atoms with Gasteiger partial charge in [-0.05, 0) is 31.2 Å². The van der Waals surface area contributed by atoms with Crippen molar-refractivity contribution in [2.24, 2.45) is 7.05 Å². The van der Waals surface area contributed by atoms with Crippen LogP contribution in [0.1, 0.15) is 28.5 Å². The first-order valence-corrected chi connectivity index (χ1v) is 5.99. The molecule has 0 spiro atoms. The minimum absolute atomic E-state index is 0.322. The second-order valence-electron chi connectivity index (χ2n) is 3.75. The molecule has 16 heavy (non-hydrogen) atoms. The highest BCUT2D eigenvalue weighted by molar-refractivity contribution is 7.12. The van der Waals surface area contributed by atoms with E-state index in [1.54, 1.807) is 7.05 Å². The maximum atomic E-state index is 4.12. The largest absolute Gasteiger partial charge is 0.302 e. The number of thiophene rings is 1. The molecule has 86 valence electrons. The van der Waals surface area contributed by atoms with Crippen molar-refractivity contribution in [3.63, 3.8) is 0 Å². The molecule has 0 saturated heterocycles. The van der Waals surface area contributed by atoms with Gasteiger partial charge in [0.25, 0.3) is 0 Å². The molecule has 2 rings (SSSR count). The number of tetrazole rings is 1. The molecule has 0 aromatic carbocycles. The lowest BCUT2D eigenvalue weighted by Crippen LogP contribution is -2.18. The molecule has 0 aliphatic carbocycles. The first kappa shape index (κ1) is 11.2. The van der Waals surface area contributed by atoms with E-state index < -0.39 is 0 Å². The highest BCUT2D eigenvalue weighted by Crippen LogP contribution is 2.22. The summed E-state index contributed by atoms with van der Waals surface area (Å²) in [4.78, 5) is 4.14. The monoisotopic (exact) mass is 237 g/mol. The maximum Gasteiger partial charge on any atom is 0.188 e.